The number of carbonyl (C=O) groups excluding carboxylic acids is 1. The number of benzene rings is 1. The van der Waals surface area contributed by atoms with E-state index in [4.69, 9.17) is 0 Å². The van der Waals surface area contributed by atoms with Gasteiger partial charge < -0.3 is 4.90 Å². The molecule has 0 N–H and O–H groups in total. The van der Waals surface area contributed by atoms with Gasteiger partial charge in [0, 0.05) is 29.9 Å². The highest BCUT2D eigenvalue weighted by molar-refractivity contribution is 5.95. The summed E-state index contributed by atoms with van der Waals surface area (Å²) in [6, 6.07) is 8.33. The molecule has 0 bridgehead atoms. The van der Waals surface area contributed by atoms with Crippen molar-refractivity contribution in [3.63, 3.8) is 0 Å². The lowest BCUT2D eigenvalue weighted by atomic mass is 9.84. The van der Waals surface area contributed by atoms with Crippen LogP contribution in [0.2, 0.25) is 0 Å². The van der Waals surface area contributed by atoms with Gasteiger partial charge in [-0.3, -0.25) is 4.79 Å². The predicted octanol–water partition coefficient (Wildman–Crippen LogP) is 2.88. The van der Waals surface area contributed by atoms with Crippen LogP contribution in [0.5, 0.6) is 0 Å². The van der Waals surface area contributed by atoms with Crippen LogP contribution in [0.1, 0.15) is 31.9 Å². The number of hydrogen-bond acceptors (Lipinski definition) is 2. The van der Waals surface area contributed by atoms with Gasteiger partial charge in [-0.2, -0.15) is 0 Å². The topological polar surface area (TPSA) is 20.3 Å². The molecule has 0 aromatic heterocycles. The monoisotopic (exact) mass is 229 g/mol. The zero-order valence-corrected chi connectivity index (χ0v) is 10.9. The van der Waals surface area contributed by atoms with Crippen molar-refractivity contribution in [3.05, 3.63) is 41.5 Å². The summed E-state index contributed by atoms with van der Waals surface area (Å²) in [4.78, 5) is 13.6. The number of likely N-dealkylation sites (N-methyl/N-ethyl adjacent to an activating group) is 1. The largest absolute Gasteiger partial charge is 0.369 e. The molecule has 0 fully saturated rings. The summed E-state index contributed by atoms with van der Waals surface area (Å²) in [7, 11) is 2.06. The van der Waals surface area contributed by atoms with Crippen LogP contribution < -0.4 is 0 Å². The molecule has 2 rings (SSSR count). The molecule has 1 aliphatic heterocycles. The first kappa shape index (κ1) is 11.9. The third-order valence-electron chi connectivity index (χ3n) is 3.53. The van der Waals surface area contributed by atoms with Crippen LogP contribution in [0.25, 0.3) is 5.70 Å². The summed E-state index contributed by atoms with van der Waals surface area (Å²) < 4.78 is 0. The van der Waals surface area contributed by atoms with E-state index < -0.39 is 0 Å². The SMILES string of the molecule is CC(=O)C=C1c2ccccc2CC(C)(C)N1C. The van der Waals surface area contributed by atoms with Crippen molar-refractivity contribution in [3.8, 4) is 0 Å². The Morgan fingerprint density at radius 1 is 1.35 bits per heavy atom. The fourth-order valence-corrected chi connectivity index (χ4v) is 2.38. The van der Waals surface area contributed by atoms with Gasteiger partial charge in [-0.1, -0.05) is 24.3 Å². The molecule has 1 heterocycles. The third kappa shape index (κ3) is 2.12. The van der Waals surface area contributed by atoms with Gasteiger partial charge in [0.05, 0.1) is 0 Å². The molecule has 1 aromatic rings. The molecule has 1 aliphatic rings. The summed E-state index contributed by atoms with van der Waals surface area (Å²) in [5.41, 5.74) is 3.59. The highest BCUT2D eigenvalue weighted by Crippen LogP contribution is 2.36. The fraction of sp³-hybridized carbons (Fsp3) is 0.400. The van der Waals surface area contributed by atoms with Gasteiger partial charge in [0.1, 0.15) is 0 Å². The average molecular weight is 229 g/mol. The molecule has 2 nitrogen and oxygen atoms in total. The third-order valence-corrected chi connectivity index (χ3v) is 3.53. The van der Waals surface area contributed by atoms with Crippen molar-refractivity contribution < 1.29 is 4.79 Å². The first-order valence-electron chi connectivity index (χ1n) is 5.96. The lowest BCUT2D eigenvalue weighted by molar-refractivity contribution is -0.112. The van der Waals surface area contributed by atoms with E-state index >= 15 is 0 Å². The maximum absolute atomic E-state index is 11.4. The van der Waals surface area contributed by atoms with Crippen LogP contribution in [0.3, 0.4) is 0 Å². The first-order chi connectivity index (χ1) is 7.92. The van der Waals surface area contributed by atoms with Crippen LogP contribution >= 0.6 is 0 Å². The number of allylic oxidation sites excluding steroid dienone is 1. The number of rotatable bonds is 1. The van der Waals surface area contributed by atoms with E-state index in [1.54, 1.807) is 13.0 Å². The standard InChI is InChI=1S/C15H19NO/c1-11(17)9-14-13-8-6-5-7-12(13)10-15(2,3)16(14)4/h5-9H,10H2,1-4H3. The van der Waals surface area contributed by atoms with E-state index in [0.717, 1.165) is 12.1 Å². The smallest absolute Gasteiger partial charge is 0.154 e. The zero-order valence-electron chi connectivity index (χ0n) is 10.9. The fourth-order valence-electron chi connectivity index (χ4n) is 2.38. The van der Waals surface area contributed by atoms with Crippen LogP contribution in [0, 0.1) is 0 Å². The number of nitrogens with zero attached hydrogens (tertiary/aromatic N) is 1. The van der Waals surface area contributed by atoms with Gasteiger partial charge >= 0.3 is 0 Å². The number of carbonyl (C=O) groups is 1. The second kappa shape index (κ2) is 4.02. The van der Waals surface area contributed by atoms with Crippen molar-refractivity contribution in [1.82, 2.24) is 4.90 Å². The van der Waals surface area contributed by atoms with Gasteiger partial charge in [0.15, 0.2) is 5.78 Å². The molecule has 0 aliphatic carbocycles. The molecule has 2 heteroatoms. The van der Waals surface area contributed by atoms with Gasteiger partial charge in [-0.25, -0.2) is 0 Å². The first-order valence-corrected chi connectivity index (χ1v) is 5.96. The van der Waals surface area contributed by atoms with Gasteiger partial charge in [-0.05, 0) is 32.8 Å². The Kier molecular flexibility index (Phi) is 2.82. The summed E-state index contributed by atoms with van der Waals surface area (Å²) in [5, 5.41) is 0. The highest BCUT2D eigenvalue weighted by Gasteiger charge is 2.32. The van der Waals surface area contributed by atoms with E-state index in [9.17, 15) is 4.79 Å². The van der Waals surface area contributed by atoms with Crippen LogP contribution in [-0.2, 0) is 11.2 Å². The van der Waals surface area contributed by atoms with E-state index in [-0.39, 0.29) is 11.3 Å². The molecule has 0 saturated carbocycles. The Hall–Kier alpha value is -1.57. The molecule has 0 unspecified atom stereocenters. The molecular weight excluding hydrogens is 210 g/mol. The van der Waals surface area contributed by atoms with Crippen LogP contribution in [-0.4, -0.2) is 23.3 Å². The minimum atomic E-state index is 0.0512. The van der Waals surface area contributed by atoms with Gasteiger partial charge in [-0.15, -0.1) is 0 Å². The van der Waals surface area contributed by atoms with Crippen molar-refractivity contribution in [2.45, 2.75) is 32.7 Å². The maximum atomic E-state index is 11.4. The number of ketones is 1. The van der Waals surface area contributed by atoms with E-state index in [2.05, 4.69) is 44.0 Å². The lowest BCUT2D eigenvalue weighted by Gasteiger charge is -2.44. The van der Waals surface area contributed by atoms with E-state index in [1.165, 1.54) is 11.1 Å². The maximum Gasteiger partial charge on any atom is 0.154 e. The predicted molar refractivity (Wildman–Crippen MR) is 70.6 cm³/mol. The van der Waals surface area contributed by atoms with Crippen LogP contribution in [0.15, 0.2) is 30.3 Å². The molecule has 1 aromatic carbocycles. The number of fused-ring (bicyclic) bond motifs is 1. The molecule has 0 atom stereocenters. The Morgan fingerprint density at radius 2 is 2.00 bits per heavy atom. The van der Waals surface area contributed by atoms with E-state index in [1.807, 2.05) is 6.07 Å². The Bertz CT molecular complexity index is 485. The lowest BCUT2D eigenvalue weighted by Crippen LogP contribution is -2.45. The zero-order chi connectivity index (χ0) is 12.6. The highest BCUT2D eigenvalue weighted by atomic mass is 16.1. The Balaban J connectivity index is 2.60. The van der Waals surface area contributed by atoms with Crippen molar-refractivity contribution in [2.24, 2.45) is 0 Å². The molecule has 0 saturated heterocycles. The quantitative estimate of drug-likeness (QED) is 0.690. The van der Waals surface area contributed by atoms with E-state index in [0.29, 0.717) is 0 Å². The molecule has 17 heavy (non-hydrogen) atoms. The van der Waals surface area contributed by atoms with Crippen molar-refractivity contribution in [2.75, 3.05) is 7.05 Å². The average Bonchev–Trinajstić information content (AvgIpc) is 2.24. The minimum absolute atomic E-state index is 0.0512. The van der Waals surface area contributed by atoms with Crippen molar-refractivity contribution in [1.29, 1.82) is 0 Å². The summed E-state index contributed by atoms with van der Waals surface area (Å²) >= 11 is 0. The summed E-state index contributed by atoms with van der Waals surface area (Å²) in [6.45, 7) is 6.01. The molecule has 0 spiro atoms. The molecule has 0 radical (unpaired) electrons. The van der Waals surface area contributed by atoms with Crippen LogP contribution in [0.4, 0.5) is 0 Å². The summed E-state index contributed by atoms with van der Waals surface area (Å²) in [5.74, 6) is 0.0966. The molecule has 0 amide bonds. The normalized spacial score (nSPS) is 20.2. The van der Waals surface area contributed by atoms with Gasteiger partial charge in [0.2, 0.25) is 0 Å². The summed E-state index contributed by atoms with van der Waals surface area (Å²) in [6.07, 6.45) is 2.74. The second-order valence-electron chi connectivity index (χ2n) is 5.35. The Labute approximate surface area is 103 Å². The molecular formula is C15H19NO. The van der Waals surface area contributed by atoms with Crippen molar-refractivity contribution >= 4 is 11.5 Å². The van der Waals surface area contributed by atoms with Gasteiger partial charge in [0.25, 0.3) is 0 Å². The molecule has 90 valence electrons. The second-order valence-corrected chi connectivity index (χ2v) is 5.35. The Morgan fingerprint density at radius 3 is 2.65 bits per heavy atom. The minimum Gasteiger partial charge on any atom is -0.369 e. The number of hydrogen-bond donors (Lipinski definition) is 0.